The quantitative estimate of drug-likeness (QED) is 0.133. The highest BCUT2D eigenvalue weighted by atomic mass is 28.2. The van der Waals surface area contributed by atoms with Gasteiger partial charge in [0.05, 0.1) is 0 Å². The van der Waals surface area contributed by atoms with E-state index >= 15 is 0 Å². The third kappa shape index (κ3) is 10.4. The van der Waals surface area contributed by atoms with E-state index in [2.05, 4.69) is 59.7 Å². The van der Waals surface area contributed by atoms with E-state index in [4.69, 9.17) is 0 Å². The minimum absolute atomic E-state index is 0.622. The van der Waals surface area contributed by atoms with Crippen LogP contribution in [0.3, 0.4) is 0 Å². The Balaban J connectivity index is 1.57. The number of unbranched alkanes of at least 4 members (excludes halogenated alkanes) is 15. The normalized spacial score (nSPS) is 16.1. The van der Waals surface area contributed by atoms with Crippen molar-refractivity contribution in [1.29, 1.82) is 0 Å². The molecule has 1 unspecified atom stereocenters. The van der Waals surface area contributed by atoms with Crippen LogP contribution in [-0.2, 0) is 6.42 Å². The maximum absolute atomic E-state index is 2.41. The molecule has 0 heterocycles. The van der Waals surface area contributed by atoms with E-state index in [1.165, 1.54) is 120 Å². The van der Waals surface area contributed by atoms with Gasteiger partial charge in [-0.1, -0.05) is 150 Å². The number of aryl methyl sites for hydroxylation is 1. The first kappa shape index (κ1) is 30.1. The van der Waals surface area contributed by atoms with Gasteiger partial charge in [-0.15, -0.1) is 0 Å². The maximum atomic E-state index is 2.41. The lowest BCUT2D eigenvalue weighted by molar-refractivity contribution is 0.529. The van der Waals surface area contributed by atoms with E-state index < -0.39 is 0 Å². The van der Waals surface area contributed by atoms with Gasteiger partial charge in [-0.05, 0) is 63.2 Å². The standard InChI is InChI=1S/C34H56Si/c1-7-8-9-10-11-12-13-14-15-16-17-18-19-20-21-22-25-32-27(2)24-23-26-33(32)35-34-30(5)28(3)29(4)31(34)6/h23-24,26,30H,7-22,25H2,1-6H3. The Morgan fingerprint density at radius 2 is 1.11 bits per heavy atom. The molecule has 0 aromatic heterocycles. The number of hydrogen-bond donors (Lipinski definition) is 0. The van der Waals surface area contributed by atoms with E-state index in [0.29, 0.717) is 5.92 Å². The van der Waals surface area contributed by atoms with E-state index in [-0.39, 0.29) is 0 Å². The molecule has 35 heavy (non-hydrogen) atoms. The van der Waals surface area contributed by atoms with Crippen LogP contribution in [0.25, 0.3) is 0 Å². The van der Waals surface area contributed by atoms with Crippen LogP contribution in [0.5, 0.6) is 0 Å². The van der Waals surface area contributed by atoms with Gasteiger partial charge < -0.3 is 0 Å². The maximum Gasteiger partial charge on any atom is 0.117 e. The van der Waals surface area contributed by atoms with Crippen molar-refractivity contribution in [3.63, 3.8) is 0 Å². The second kappa shape index (κ2) is 17.4. The van der Waals surface area contributed by atoms with Crippen molar-refractivity contribution < 1.29 is 0 Å². The largest absolute Gasteiger partial charge is 0.117 e. The summed E-state index contributed by atoms with van der Waals surface area (Å²) in [6, 6.07) is 7.00. The van der Waals surface area contributed by atoms with Crippen molar-refractivity contribution in [1.82, 2.24) is 0 Å². The lowest BCUT2D eigenvalue weighted by atomic mass is 10.0. The van der Waals surface area contributed by atoms with E-state index in [1.807, 2.05) is 0 Å². The molecule has 0 N–H and O–H groups in total. The summed E-state index contributed by atoms with van der Waals surface area (Å²) in [6.07, 6.45) is 24.3. The predicted octanol–water partition coefficient (Wildman–Crippen LogP) is 10.4. The third-order valence-electron chi connectivity index (χ3n) is 8.60. The van der Waals surface area contributed by atoms with E-state index in [1.54, 1.807) is 27.1 Å². The van der Waals surface area contributed by atoms with Crippen LogP contribution in [0, 0.1) is 12.8 Å². The molecule has 0 nitrogen and oxygen atoms in total. The van der Waals surface area contributed by atoms with Gasteiger partial charge in [-0.25, -0.2) is 0 Å². The smallest absolute Gasteiger partial charge is 0.0695 e. The SMILES string of the molecule is CCCCCCCCCCCCCCCCCCc1c(C)cccc1[Si]C1=C(C)C(C)=C(C)C1C. The van der Waals surface area contributed by atoms with Gasteiger partial charge in [0, 0.05) is 0 Å². The lowest BCUT2D eigenvalue weighted by Crippen LogP contribution is -2.25. The Kier molecular flexibility index (Phi) is 15.0. The fraction of sp³-hybridized carbons (Fsp3) is 0.706. The summed E-state index contributed by atoms with van der Waals surface area (Å²) in [5, 5.41) is 3.29. The molecule has 1 aromatic rings. The summed E-state index contributed by atoms with van der Waals surface area (Å²) >= 11 is 0. The van der Waals surface area contributed by atoms with Crippen molar-refractivity contribution in [2.75, 3.05) is 0 Å². The molecule has 2 radical (unpaired) electrons. The molecule has 1 aromatic carbocycles. The molecular weight excluding hydrogens is 436 g/mol. The van der Waals surface area contributed by atoms with Crippen LogP contribution in [-0.4, -0.2) is 9.52 Å². The van der Waals surface area contributed by atoms with Crippen LogP contribution in [0.2, 0.25) is 0 Å². The molecule has 196 valence electrons. The van der Waals surface area contributed by atoms with E-state index in [9.17, 15) is 0 Å². The molecule has 1 heteroatoms. The van der Waals surface area contributed by atoms with Crippen molar-refractivity contribution in [3.8, 4) is 0 Å². The zero-order chi connectivity index (χ0) is 25.5. The van der Waals surface area contributed by atoms with Crippen molar-refractivity contribution in [3.05, 3.63) is 51.2 Å². The molecule has 2 rings (SSSR count). The Hall–Kier alpha value is -1.08. The average Bonchev–Trinajstić information content (AvgIpc) is 3.03. The fourth-order valence-electron chi connectivity index (χ4n) is 5.71. The Labute approximate surface area is 222 Å². The highest BCUT2D eigenvalue weighted by Gasteiger charge is 2.24. The number of rotatable bonds is 19. The van der Waals surface area contributed by atoms with Gasteiger partial charge in [-0.3, -0.25) is 0 Å². The molecule has 0 spiro atoms. The molecule has 0 bridgehead atoms. The van der Waals surface area contributed by atoms with Crippen LogP contribution in [0.4, 0.5) is 0 Å². The molecule has 0 saturated heterocycles. The minimum atomic E-state index is 0.622. The summed E-state index contributed by atoms with van der Waals surface area (Å²) in [5.41, 5.74) is 7.82. The van der Waals surface area contributed by atoms with Crippen LogP contribution in [0.15, 0.2) is 40.1 Å². The zero-order valence-corrected chi connectivity index (χ0v) is 25.3. The van der Waals surface area contributed by atoms with Crippen LogP contribution < -0.4 is 5.19 Å². The Morgan fingerprint density at radius 3 is 1.57 bits per heavy atom. The zero-order valence-electron chi connectivity index (χ0n) is 24.3. The predicted molar refractivity (Wildman–Crippen MR) is 160 cm³/mol. The summed E-state index contributed by atoms with van der Waals surface area (Å²) in [5.74, 6) is 0.622. The first-order valence-corrected chi connectivity index (χ1v) is 16.2. The van der Waals surface area contributed by atoms with Crippen LogP contribution >= 0.6 is 0 Å². The molecule has 1 atom stereocenters. The fourth-order valence-corrected chi connectivity index (χ4v) is 7.46. The van der Waals surface area contributed by atoms with E-state index in [0.717, 1.165) is 9.52 Å². The summed E-state index contributed by atoms with van der Waals surface area (Å²) in [4.78, 5) is 0. The van der Waals surface area contributed by atoms with Crippen molar-refractivity contribution in [2.45, 2.75) is 151 Å². The van der Waals surface area contributed by atoms with Gasteiger partial charge in [0.15, 0.2) is 0 Å². The molecule has 0 amide bonds. The number of allylic oxidation sites excluding steroid dienone is 4. The van der Waals surface area contributed by atoms with Gasteiger partial charge in [0.1, 0.15) is 9.52 Å². The van der Waals surface area contributed by atoms with Gasteiger partial charge in [0.2, 0.25) is 0 Å². The molecule has 0 aliphatic heterocycles. The monoisotopic (exact) mass is 492 g/mol. The topological polar surface area (TPSA) is 0 Å². The van der Waals surface area contributed by atoms with Gasteiger partial charge >= 0.3 is 0 Å². The Morgan fingerprint density at radius 1 is 0.629 bits per heavy atom. The highest BCUT2D eigenvalue weighted by Crippen LogP contribution is 2.35. The Bertz CT molecular complexity index is 797. The molecular formula is C34H56Si. The average molecular weight is 493 g/mol. The first-order valence-electron chi connectivity index (χ1n) is 15.2. The summed E-state index contributed by atoms with van der Waals surface area (Å²) in [7, 11) is 0.835. The van der Waals surface area contributed by atoms with Gasteiger partial charge in [0.25, 0.3) is 0 Å². The molecule has 0 fully saturated rings. The minimum Gasteiger partial charge on any atom is -0.0695 e. The van der Waals surface area contributed by atoms with Crippen LogP contribution in [0.1, 0.15) is 148 Å². The lowest BCUT2D eigenvalue weighted by Gasteiger charge is -2.17. The molecule has 0 saturated carbocycles. The van der Waals surface area contributed by atoms with Crippen molar-refractivity contribution in [2.24, 2.45) is 5.92 Å². The molecule has 1 aliphatic rings. The third-order valence-corrected chi connectivity index (χ3v) is 10.4. The molecule has 1 aliphatic carbocycles. The number of benzene rings is 1. The second-order valence-electron chi connectivity index (χ2n) is 11.3. The summed E-state index contributed by atoms with van der Waals surface area (Å²) < 4.78 is 0. The second-order valence-corrected chi connectivity index (χ2v) is 12.7. The van der Waals surface area contributed by atoms with Crippen molar-refractivity contribution >= 4 is 14.7 Å². The summed E-state index contributed by atoms with van der Waals surface area (Å²) in [6.45, 7) is 14.0. The number of hydrogen-bond acceptors (Lipinski definition) is 0. The van der Waals surface area contributed by atoms with Gasteiger partial charge in [-0.2, -0.15) is 0 Å². The first-order chi connectivity index (χ1) is 17.0. The highest BCUT2D eigenvalue weighted by molar-refractivity contribution is 6.62.